The number of carbonyl (C=O) groups is 2. The van der Waals surface area contributed by atoms with Crippen LogP contribution in [0, 0.1) is 0 Å². The van der Waals surface area contributed by atoms with E-state index in [0.29, 0.717) is 0 Å². The number of allylic oxidation sites excluding steroid dienone is 1. The minimum atomic E-state index is -1.36. The number of aliphatic carboxylic acids is 2. The molecule has 0 aliphatic rings. The molecular formula is C15H27NNaO5+. The van der Waals surface area contributed by atoms with E-state index in [1.165, 1.54) is 13.8 Å². The summed E-state index contributed by atoms with van der Waals surface area (Å²) >= 11 is 0. The molecule has 122 valence electrons. The summed E-state index contributed by atoms with van der Waals surface area (Å²) in [5, 5.41) is 30.0. The van der Waals surface area contributed by atoms with Gasteiger partial charge in [0, 0.05) is 0 Å². The molecule has 3 atom stereocenters. The number of nitrogens with zero attached hydrogens (tertiary/aromatic N) is 1. The van der Waals surface area contributed by atoms with Crippen LogP contribution >= 0.6 is 0 Å². The third-order valence-electron chi connectivity index (χ3n) is 4.09. The van der Waals surface area contributed by atoms with Gasteiger partial charge in [0.25, 0.3) is 0 Å². The molecule has 0 spiro atoms. The Hall–Kier alpha value is -0.400. The third-order valence-corrected chi connectivity index (χ3v) is 4.09. The summed E-state index contributed by atoms with van der Waals surface area (Å²) in [6.45, 7) is 4.46. The zero-order chi connectivity index (χ0) is 16.5. The standard InChI is InChI=1S/C15H27NO5.Na/c1-4-5-6-7-8-9-10-16(11-17,12(2)14(18)19)13(3)15(20)21;/h8-9,12-13,17H,4-7,10-11H2,1-3H3,(H-,18,19,20,21);/q;+1/b9-8+;. The first-order chi connectivity index (χ1) is 9.83. The van der Waals surface area contributed by atoms with Gasteiger partial charge in [-0.15, -0.1) is 0 Å². The Morgan fingerprint density at radius 3 is 2.18 bits per heavy atom. The Labute approximate surface area is 154 Å². The number of quaternary nitrogens is 1. The summed E-state index contributed by atoms with van der Waals surface area (Å²) < 4.78 is -0.470. The van der Waals surface area contributed by atoms with Crippen molar-refractivity contribution >= 4 is 11.9 Å². The van der Waals surface area contributed by atoms with Crippen molar-refractivity contribution in [2.75, 3.05) is 13.3 Å². The Kier molecular flexibility index (Phi) is 13.1. The van der Waals surface area contributed by atoms with Crippen molar-refractivity contribution in [2.45, 2.75) is 58.5 Å². The number of carbonyl (C=O) groups excluding carboxylic acids is 1. The molecule has 0 aromatic carbocycles. The molecule has 0 saturated carbocycles. The fourth-order valence-corrected chi connectivity index (χ4v) is 2.29. The van der Waals surface area contributed by atoms with Gasteiger partial charge in [-0.1, -0.05) is 25.8 Å². The maximum atomic E-state index is 11.2. The molecule has 0 heterocycles. The van der Waals surface area contributed by atoms with E-state index in [-0.39, 0.29) is 36.1 Å². The minimum absolute atomic E-state index is 0. The SMILES string of the molecule is CCCCC/C=C/C[N+](CO)(C(C)C(=O)[O-])C(C)C(=O)O.[Na+]. The minimum Gasteiger partial charge on any atom is -0.544 e. The first-order valence-corrected chi connectivity index (χ1v) is 7.39. The molecule has 0 bridgehead atoms. The van der Waals surface area contributed by atoms with Gasteiger partial charge in [0.2, 0.25) is 0 Å². The summed E-state index contributed by atoms with van der Waals surface area (Å²) in [5.74, 6) is -2.51. The number of unbranched alkanes of at least 4 members (excludes halogenated alkanes) is 3. The van der Waals surface area contributed by atoms with E-state index in [0.717, 1.165) is 25.7 Å². The van der Waals surface area contributed by atoms with Gasteiger partial charge < -0.3 is 20.1 Å². The van der Waals surface area contributed by atoms with E-state index in [4.69, 9.17) is 0 Å². The fraction of sp³-hybridized carbons (Fsp3) is 0.733. The second kappa shape index (κ2) is 12.1. The largest absolute Gasteiger partial charge is 1.00 e. The van der Waals surface area contributed by atoms with Crippen LogP contribution in [0.4, 0.5) is 0 Å². The summed E-state index contributed by atoms with van der Waals surface area (Å²) in [4.78, 5) is 22.4. The van der Waals surface area contributed by atoms with Crippen LogP contribution in [0.25, 0.3) is 0 Å². The molecule has 0 aromatic rings. The zero-order valence-corrected chi connectivity index (χ0v) is 16.1. The number of carboxylic acids is 2. The van der Waals surface area contributed by atoms with Crippen molar-refractivity contribution in [3.8, 4) is 0 Å². The summed E-state index contributed by atoms with van der Waals surface area (Å²) in [6, 6.07) is -2.15. The predicted octanol–water partition coefficient (Wildman–Crippen LogP) is -2.49. The van der Waals surface area contributed by atoms with E-state index in [9.17, 15) is 24.9 Å². The molecular weight excluding hydrogens is 297 g/mol. The average molecular weight is 324 g/mol. The van der Waals surface area contributed by atoms with Crippen LogP contribution < -0.4 is 34.7 Å². The third kappa shape index (κ3) is 6.79. The molecule has 0 rings (SSSR count). The van der Waals surface area contributed by atoms with Gasteiger partial charge in [-0.2, -0.15) is 0 Å². The maximum absolute atomic E-state index is 11.2. The molecule has 6 nitrogen and oxygen atoms in total. The van der Waals surface area contributed by atoms with Crippen LogP contribution in [0.5, 0.6) is 0 Å². The van der Waals surface area contributed by atoms with Crippen molar-refractivity contribution in [2.24, 2.45) is 0 Å². The molecule has 7 heteroatoms. The molecule has 3 unspecified atom stereocenters. The second-order valence-corrected chi connectivity index (χ2v) is 5.40. The molecule has 2 N–H and O–H groups in total. The normalized spacial score (nSPS) is 16.5. The summed E-state index contributed by atoms with van der Waals surface area (Å²) in [7, 11) is 0. The topological polar surface area (TPSA) is 97.7 Å². The first-order valence-electron chi connectivity index (χ1n) is 7.39. The number of carboxylic acid groups (broad SMARTS) is 2. The van der Waals surface area contributed by atoms with Crippen molar-refractivity contribution < 1.29 is 58.9 Å². The van der Waals surface area contributed by atoms with Crippen LogP contribution in [-0.4, -0.2) is 52.0 Å². The van der Waals surface area contributed by atoms with Crippen molar-refractivity contribution in [1.82, 2.24) is 0 Å². The second-order valence-electron chi connectivity index (χ2n) is 5.40. The van der Waals surface area contributed by atoms with Crippen LogP contribution in [0.1, 0.15) is 46.5 Å². The number of aliphatic hydroxyl groups excluding tert-OH is 1. The van der Waals surface area contributed by atoms with Gasteiger partial charge in [-0.05, 0) is 32.8 Å². The molecule has 0 aliphatic carbocycles. The van der Waals surface area contributed by atoms with Gasteiger partial charge in [0.15, 0.2) is 12.8 Å². The predicted molar refractivity (Wildman–Crippen MR) is 77.1 cm³/mol. The first kappa shape index (κ1) is 23.9. The van der Waals surface area contributed by atoms with E-state index in [1.807, 2.05) is 6.08 Å². The molecule has 0 fully saturated rings. The number of hydrogen-bond acceptors (Lipinski definition) is 4. The van der Waals surface area contributed by atoms with Crippen LogP contribution in [0.3, 0.4) is 0 Å². The Balaban J connectivity index is 0. The monoisotopic (exact) mass is 324 g/mol. The summed E-state index contributed by atoms with van der Waals surface area (Å²) in [5.41, 5.74) is 0. The average Bonchev–Trinajstić information content (AvgIpc) is 2.45. The van der Waals surface area contributed by atoms with E-state index < -0.39 is 35.2 Å². The van der Waals surface area contributed by atoms with Crippen LogP contribution in [0.15, 0.2) is 12.2 Å². The van der Waals surface area contributed by atoms with Gasteiger partial charge in [-0.25, -0.2) is 4.79 Å². The molecule has 0 saturated heterocycles. The van der Waals surface area contributed by atoms with Crippen molar-refractivity contribution in [1.29, 1.82) is 0 Å². The Morgan fingerprint density at radius 2 is 1.77 bits per heavy atom. The smallest absolute Gasteiger partial charge is 0.544 e. The van der Waals surface area contributed by atoms with Gasteiger partial charge >= 0.3 is 35.5 Å². The number of aliphatic hydroxyl groups is 1. The molecule has 0 aromatic heterocycles. The van der Waals surface area contributed by atoms with Gasteiger partial charge in [0.05, 0.1) is 5.97 Å². The van der Waals surface area contributed by atoms with Crippen LogP contribution in [0.2, 0.25) is 0 Å². The van der Waals surface area contributed by atoms with Gasteiger partial charge in [0.1, 0.15) is 12.6 Å². The van der Waals surface area contributed by atoms with E-state index in [1.54, 1.807) is 6.08 Å². The zero-order valence-electron chi connectivity index (χ0n) is 14.1. The Morgan fingerprint density at radius 1 is 1.18 bits per heavy atom. The quantitative estimate of drug-likeness (QED) is 0.144. The molecule has 0 amide bonds. The molecule has 0 radical (unpaired) electrons. The summed E-state index contributed by atoms with van der Waals surface area (Å²) in [6.07, 6.45) is 7.80. The van der Waals surface area contributed by atoms with E-state index in [2.05, 4.69) is 6.92 Å². The van der Waals surface area contributed by atoms with Crippen molar-refractivity contribution in [3.05, 3.63) is 12.2 Å². The fourth-order valence-electron chi connectivity index (χ4n) is 2.29. The molecule has 0 aliphatic heterocycles. The Bertz CT molecular complexity index is 353. The number of hydrogen-bond donors (Lipinski definition) is 2. The molecule has 22 heavy (non-hydrogen) atoms. The van der Waals surface area contributed by atoms with Gasteiger partial charge in [-0.3, -0.25) is 4.48 Å². The maximum Gasteiger partial charge on any atom is 1.00 e. The number of rotatable bonds is 11. The van der Waals surface area contributed by atoms with E-state index >= 15 is 0 Å². The van der Waals surface area contributed by atoms with Crippen molar-refractivity contribution in [3.63, 3.8) is 0 Å². The van der Waals surface area contributed by atoms with Crippen LogP contribution in [-0.2, 0) is 9.59 Å².